The molecule has 0 aromatic heterocycles. The highest BCUT2D eigenvalue weighted by atomic mass is 16.7. The highest BCUT2D eigenvalue weighted by molar-refractivity contribution is 6.02. The number of nitrogens with zero attached hydrogens (tertiary/aromatic N) is 1. The van der Waals surface area contributed by atoms with Crippen LogP contribution in [0.2, 0.25) is 0 Å². The number of nitrogens with one attached hydrogen (secondary N) is 1. The summed E-state index contributed by atoms with van der Waals surface area (Å²) in [4.78, 5) is 41.5. The fraction of sp³-hybridized carbons (Fsp3) is 0.500. The first-order valence-electron chi connectivity index (χ1n) is 13.5. The number of Topliss-reactive ketones (excluding diaryl/α,β-unsaturated/α-hetero) is 1. The van der Waals surface area contributed by atoms with E-state index in [-0.39, 0.29) is 38.7 Å². The van der Waals surface area contributed by atoms with Crippen molar-refractivity contribution in [3.63, 3.8) is 0 Å². The Bertz CT molecular complexity index is 1350. The van der Waals surface area contributed by atoms with E-state index in [1.54, 1.807) is 31.4 Å². The molecule has 0 bridgehead atoms. The number of ether oxygens (including phenoxy) is 4. The number of benzene rings is 2. The third-order valence-corrected chi connectivity index (χ3v) is 8.30. The topological polar surface area (TPSA) is 120 Å². The van der Waals surface area contributed by atoms with Crippen molar-refractivity contribution in [3.8, 4) is 17.2 Å². The van der Waals surface area contributed by atoms with E-state index in [2.05, 4.69) is 5.32 Å². The predicted octanol–water partition coefficient (Wildman–Crippen LogP) is 3.45. The Labute approximate surface area is 233 Å². The molecule has 10 heteroatoms. The zero-order valence-electron chi connectivity index (χ0n) is 23.6. The van der Waals surface area contributed by atoms with Gasteiger partial charge in [-0.15, -0.1) is 0 Å². The first kappa shape index (κ1) is 28.1. The van der Waals surface area contributed by atoms with E-state index in [0.717, 1.165) is 0 Å². The standard InChI is InChI=1S/C30H36N2O8/c1-18(33)22-14-31-12-11-30(22,28(35)36)32(16-29(2,3)4)23-10-9-19(37-5)13-21(23)26(38-15-25(32)34)20-7-6-8-24-27(20)40-17-39-24/h6-10,13,22,26,31H,11-12,14-17H2,1-5H3/p+1/t22-,26?,30+,32+/m1/s1. The fourth-order valence-corrected chi connectivity index (χ4v) is 6.81. The number of carbonyl (C=O) groups excluding carboxylic acids is 2. The molecule has 4 atom stereocenters. The SMILES string of the molecule is COc1ccc2c(c1)C(c1cccc3c1OCO3)OCC(=O)[N@@+]2(CC(C)(C)C)[C@@]1(C(=O)O)CCNC[C@@H]1C(C)=O. The lowest BCUT2D eigenvalue weighted by molar-refractivity contribution is -0.170. The summed E-state index contributed by atoms with van der Waals surface area (Å²) >= 11 is 0. The highest BCUT2D eigenvalue weighted by Crippen LogP contribution is 2.53. The molecular formula is C30H37N2O8+. The van der Waals surface area contributed by atoms with Crippen LogP contribution in [0.5, 0.6) is 17.2 Å². The van der Waals surface area contributed by atoms with Crippen molar-refractivity contribution >= 4 is 23.3 Å². The number of aliphatic carboxylic acids is 1. The Balaban J connectivity index is 1.88. The molecule has 1 fully saturated rings. The summed E-state index contributed by atoms with van der Waals surface area (Å²) in [6.45, 7) is 7.67. The number of rotatable bonds is 6. The van der Waals surface area contributed by atoms with Crippen molar-refractivity contribution in [2.24, 2.45) is 11.3 Å². The Kier molecular flexibility index (Phi) is 7.14. The minimum atomic E-state index is -1.76. The number of carboxylic acid groups (broad SMARTS) is 1. The molecule has 3 aliphatic heterocycles. The third-order valence-electron chi connectivity index (χ3n) is 8.30. The van der Waals surface area contributed by atoms with E-state index < -0.39 is 39.3 Å². The predicted molar refractivity (Wildman–Crippen MR) is 147 cm³/mol. The van der Waals surface area contributed by atoms with Crippen LogP contribution in [0.3, 0.4) is 0 Å². The van der Waals surface area contributed by atoms with Crippen LogP contribution in [0.4, 0.5) is 5.69 Å². The summed E-state index contributed by atoms with van der Waals surface area (Å²) in [5.41, 5.74) is -0.547. The van der Waals surface area contributed by atoms with E-state index in [0.29, 0.717) is 40.6 Å². The van der Waals surface area contributed by atoms with Crippen LogP contribution in [-0.4, -0.2) is 68.4 Å². The Hall–Kier alpha value is -3.47. The number of amides is 1. The maximum absolute atomic E-state index is 14.7. The molecule has 0 aliphatic carbocycles. The number of carbonyl (C=O) groups is 3. The zero-order chi connectivity index (χ0) is 28.9. The Morgan fingerprint density at radius 2 is 1.95 bits per heavy atom. The van der Waals surface area contributed by atoms with E-state index in [4.69, 9.17) is 18.9 Å². The minimum Gasteiger partial charge on any atom is -0.497 e. The van der Waals surface area contributed by atoms with Crippen molar-refractivity contribution in [1.29, 1.82) is 0 Å². The number of methoxy groups -OCH3 is 1. The molecule has 1 unspecified atom stereocenters. The molecule has 2 aromatic carbocycles. The first-order chi connectivity index (χ1) is 19.0. The van der Waals surface area contributed by atoms with Gasteiger partial charge in [0.05, 0.1) is 25.1 Å². The van der Waals surface area contributed by atoms with Gasteiger partial charge in [-0.1, -0.05) is 32.9 Å². The van der Waals surface area contributed by atoms with Gasteiger partial charge in [-0.3, -0.25) is 4.79 Å². The monoisotopic (exact) mass is 553 g/mol. The van der Waals surface area contributed by atoms with Crippen molar-refractivity contribution in [3.05, 3.63) is 47.5 Å². The lowest BCUT2D eigenvalue weighted by Gasteiger charge is -2.54. The molecule has 5 rings (SSSR count). The molecule has 3 aliphatic rings. The van der Waals surface area contributed by atoms with E-state index in [1.165, 1.54) is 6.92 Å². The second kappa shape index (κ2) is 10.2. The normalized spacial score (nSPS) is 28.0. The molecular weight excluding hydrogens is 516 g/mol. The molecule has 214 valence electrons. The molecule has 1 amide bonds. The molecule has 0 radical (unpaired) electrons. The van der Waals surface area contributed by atoms with Crippen LogP contribution in [0, 0.1) is 11.3 Å². The molecule has 10 nitrogen and oxygen atoms in total. The van der Waals surface area contributed by atoms with Crippen LogP contribution < -0.4 is 24.0 Å². The second-order valence-corrected chi connectivity index (χ2v) is 12.0. The van der Waals surface area contributed by atoms with Gasteiger partial charge in [0.1, 0.15) is 23.3 Å². The van der Waals surface area contributed by atoms with Crippen LogP contribution in [0.15, 0.2) is 36.4 Å². The number of piperidine rings is 1. The maximum atomic E-state index is 14.7. The number of hydrogen-bond donors (Lipinski definition) is 2. The summed E-state index contributed by atoms with van der Waals surface area (Å²) in [5, 5.41) is 14.3. The number of quaternary nitrogens is 1. The van der Waals surface area contributed by atoms with Crippen molar-refractivity contribution in [2.45, 2.75) is 45.8 Å². The number of fused-ring (bicyclic) bond motifs is 2. The van der Waals surface area contributed by atoms with Gasteiger partial charge in [0, 0.05) is 36.6 Å². The van der Waals surface area contributed by atoms with Crippen LogP contribution >= 0.6 is 0 Å². The average Bonchev–Trinajstić information content (AvgIpc) is 3.36. The smallest absolute Gasteiger partial charge is 0.367 e. The van der Waals surface area contributed by atoms with Gasteiger partial charge in [0.15, 0.2) is 18.1 Å². The summed E-state index contributed by atoms with van der Waals surface area (Å²) < 4.78 is 22.8. The largest absolute Gasteiger partial charge is 0.497 e. The maximum Gasteiger partial charge on any atom is 0.367 e. The summed E-state index contributed by atoms with van der Waals surface area (Å²) in [7, 11) is 1.55. The first-order valence-corrected chi connectivity index (χ1v) is 13.5. The molecule has 2 aromatic rings. The zero-order valence-corrected chi connectivity index (χ0v) is 23.6. The lowest BCUT2D eigenvalue weighted by Crippen LogP contribution is -2.80. The minimum absolute atomic E-state index is 0.0579. The number of ketones is 1. The lowest BCUT2D eigenvalue weighted by atomic mass is 9.70. The van der Waals surface area contributed by atoms with Crippen LogP contribution in [-0.2, 0) is 19.1 Å². The van der Waals surface area contributed by atoms with E-state index >= 15 is 0 Å². The van der Waals surface area contributed by atoms with Crippen molar-refractivity contribution in [1.82, 2.24) is 9.80 Å². The third kappa shape index (κ3) is 4.25. The molecule has 0 saturated carbocycles. The van der Waals surface area contributed by atoms with Gasteiger partial charge in [-0.05, 0) is 25.1 Å². The Morgan fingerprint density at radius 3 is 2.62 bits per heavy atom. The van der Waals surface area contributed by atoms with Gasteiger partial charge < -0.3 is 29.4 Å². The molecule has 0 spiro atoms. The van der Waals surface area contributed by atoms with Gasteiger partial charge >= 0.3 is 11.9 Å². The van der Waals surface area contributed by atoms with Crippen molar-refractivity contribution in [2.75, 3.05) is 40.1 Å². The van der Waals surface area contributed by atoms with Gasteiger partial charge in [0.25, 0.3) is 0 Å². The molecule has 3 heterocycles. The summed E-state index contributed by atoms with van der Waals surface area (Å²) in [6, 6.07) is 10.8. The molecule has 2 N–H and O–H groups in total. The highest BCUT2D eigenvalue weighted by Gasteiger charge is 2.70. The molecule has 1 saturated heterocycles. The Morgan fingerprint density at radius 1 is 1.18 bits per heavy atom. The summed E-state index contributed by atoms with van der Waals surface area (Å²) in [6.07, 6.45) is -0.698. The summed E-state index contributed by atoms with van der Waals surface area (Å²) in [5.74, 6) is -1.22. The average molecular weight is 554 g/mol. The fourth-order valence-electron chi connectivity index (χ4n) is 6.81. The quantitative estimate of drug-likeness (QED) is 0.518. The second-order valence-electron chi connectivity index (χ2n) is 12.0. The van der Waals surface area contributed by atoms with Crippen LogP contribution in [0.25, 0.3) is 0 Å². The van der Waals surface area contributed by atoms with E-state index in [9.17, 15) is 19.5 Å². The van der Waals surface area contributed by atoms with Gasteiger partial charge in [-0.25, -0.2) is 14.1 Å². The van der Waals surface area contributed by atoms with Crippen molar-refractivity contribution < 1.29 is 38.4 Å². The van der Waals surface area contributed by atoms with Gasteiger partial charge in [0.2, 0.25) is 12.3 Å². The van der Waals surface area contributed by atoms with E-state index in [1.807, 2.05) is 32.9 Å². The number of carboxylic acids is 1. The molecule has 40 heavy (non-hydrogen) atoms. The van der Waals surface area contributed by atoms with Crippen LogP contribution in [0.1, 0.15) is 51.3 Å². The number of para-hydroxylation sites is 1. The number of hydrogen-bond acceptors (Lipinski definition) is 8. The van der Waals surface area contributed by atoms with Gasteiger partial charge in [-0.2, -0.15) is 0 Å².